The highest BCUT2D eigenvalue weighted by Gasteiger charge is 2.18. The molecule has 0 fully saturated rings. The Morgan fingerprint density at radius 2 is 1.90 bits per heavy atom. The molecule has 0 saturated heterocycles. The second-order valence-electron chi connectivity index (χ2n) is 7.18. The monoisotopic (exact) mass is 384 g/mol. The quantitative estimate of drug-likeness (QED) is 0.552. The summed E-state index contributed by atoms with van der Waals surface area (Å²) in [4.78, 5) is 21.6. The van der Waals surface area contributed by atoms with Gasteiger partial charge in [0.25, 0.3) is 5.91 Å². The van der Waals surface area contributed by atoms with Crippen LogP contribution in [0.2, 0.25) is 0 Å². The minimum atomic E-state index is -0.117. The van der Waals surface area contributed by atoms with Crippen LogP contribution in [0.5, 0.6) is 0 Å². The molecule has 0 spiro atoms. The number of rotatable bonds is 4. The number of benzene rings is 2. The van der Waals surface area contributed by atoms with Crippen LogP contribution in [0.3, 0.4) is 0 Å². The molecule has 1 amide bonds. The molecule has 2 aromatic heterocycles. The van der Waals surface area contributed by atoms with Crippen molar-refractivity contribution in [3.05, 3.63) is 71.4 Å². The van der Waals surface area contributed by atoms with Crippen LogP contribution in [-0.4, -0.2) is 27.5 Å². The van der Waals surface area contributed by atoms with E-state index in [4.69, 9.17) is 9.97 Å². The molecule has 146 valence electrons. The lowest BCUT2D eigenvalue weighted by molar-refractivity contribution is 0.0963. The molecule has 4 aromatic rings. The number of fused-ring (bicyclic) bond motifs is 1. The van der Waals surface area contributed by atoms with Crippen molar-refractivity contribution in [3.8, 4) is 22.6 Å². The average molecular weight is 384 g/mol. The standard InChI is InChI=1S/C24H24N4O/c1-5-28-21-11-9-17(24(29)25-4)14-20(21)27-23(28)22-19(7-6-12-26-22)18-10-8-15(2)13-16(18)3/h6-14H,5H2,1-4H3,(H,25,29). The van der Waals surface area contributed by atoms with Gasteiger partial charge >= 0.3 is 0 Å². The molecule has 0 radical (unpaired) electrons. The van der Waals surface area contributed by atoms with Crippen molar-refractivity contribution in [1.29, 1.82) is 0 Å². The third kappa shape index (κ3) is 3.29. The first kappa shape index (κ1) is 18.9. The Morgan fingerprint density at radius 1 is 1.07 bits per heavy atom. The molecule has 0 aliphatic heterocycles. The number of hydrogen-bond acceptors (Lipinski definition) is 3. The van der Waals surface area contributed by atoms with Crippen molar-refractivity contribution in [2.45, 2.75) is 27.3 Å². The van der Waals surface area contributed by atoms with E-state index in [9.17, 15) is 4.79 Å². The Hall–Kier alpha value is -3.47. The lowest BCUT2D eigenvalue weighted by atomic mass is 9.97. The highest BCUT2D eigenvalue weighted by atomic mass is 16.1. The van der Waals surface area contributed by atoms with Crippen molar-refractivity contribution in [2.75, 3.05) is 7.05 Å². The van der Waals surface area contributed by atoms with Crippen LogP contribution >= 0.6 is 0 Å². The van der Waals surface area contributed by atoms with Crippen molar-refractivity contribution in [1.82, 2.24) is 19.9 Å². The van der Waals surface area contributed by atoms with Gasteiger partial charge in [-0.15, -0.1) is 0 Å². The second-order valence-corrected chi connectivity index (χ2v) is 7.18. The zero-order valence-corrected chi connectivity index (χ0v) is 17.2. The summed E-state index contributed by atoms with van der Waals surface area (Å²) in [6.45, 7) is 7.07. The van der Waals surface area contributed by atoms with Gasteiger partial charge in [-0.1, -0.05) is 29.8 Å². The fourth-order valence-corrected chi connectivity index (χ4v) is 3.83. The number of carbonyl (C=O) groups is 1. The molecular formula is C24H24N4O. The van der Waals surface area contributed by atoms with E-state index in [-0.39, 0.29) is 5.91 Å². The Labute approximate surface area is 170 Å². The summed E-state index contributed by atoms with van der Waals surface area (Å²) in [5.41, 5.74) is 7.88. The first-order chi connectivity index (χ1) is 14.0. The van der Waals surface area contributed by atoms with Gasteiger partial charge in [-0.2, -0.15) is 0 Å². The van der Waals surface area contributed by atoms with Crippen LogP contribution in [0.4, 0.5) is 0 Å². The number of hydrogen-bond donors (Lipinski definition) is 1. The molecule has 4 rings (SSSR count). The molecule has 2 heterocycles. The molecule has 0 bridgehead atoms. The summed E-state index contributed by atoms with van der Waals surface area (Å²) in [6, 6.07) is 16.1. The molecule has 5 nitrogen and oxygen atoms in total. The Morgan fingerprint density at radius 3 is 2.62 bits per heavy atom. The molecule has 0 aliphatic carbocycles. The molecule has 5 heteroatoms. The van der Waals surface area contributed by atoms with Crippen LogP contribution < -0.4 is 5.32 Å². The zero-order valence-electron chi connectivity index (χ0n) is 17.2. The largest absolute Gasteiger partial charge is 0.355 e. The third-order valence-corrected chi connectivity index (χ3v) is 5.25. The van der Waals surface area contributed by atoms with Crippen molar-refractivity contribution in [2.24, 2.45) is 0 Å². The van der Waals surface area contributed by atoms with E-state index in [1.807, 2.05) is 24.3 Å². The maximum atomic E-state index is 12.0. The third-order valence-electron chi connectivity index (χ3n) is 5.25. The van der Waals surface area contributed by atoms with Gasteiger partial charge < -0.3 is 9.88 Å². The first-order valence-electron chi connectivity index (χ1n) is 9.79. The Bertz CT molecular complexity index is 1220. The van der Waals surface area contributed by atoms with E-state index < -0.39 is 0 Å². The number of aromatic nitrogens is 3. The number of imidazole rings is 1. The van der Waals surface area contributed by atoms with Gasteiger partial charge in [-0.25, -0.2) is 4.98 Å². The zero-order chi connectivity index (χ0) is 20.5. The second kappa shape index (κ2) is 7.51. The molecule has 1 N–H and O–H groups in total. The summed E-state index contributed by atoms with van der Waals surface area (Å²) in [5.74, 6) is 0.695. The van der Waals surface area contributed by atoms with E-state index in [1.54, 1.807) is 13.2 Å². The van der Waals surface area contributed by atoms with Crippen LogP contribution in [0.1, 0.15) is 28.4 Å². The number of nitrogens with one attached hydrogen (secondary N) is 1. The summed E-state index contributed by atoms with van der Waals surface area (Å²) < 4.78 is 2.15. The maximum Gasteiger partial charge on any atom is 0.251 e. The number of pyridine rings is 1. The fourth-order valence-electron chi connectivity index (χ4n) is 3.83. The molecular weight excluding hydrogens is 360 g/mol. The molecule has 0 unspecified atom stereocenters. The van der Waals surface area contributed by atoms with E-state index >= 15 is 0 Å². The van der Waals surface area contributed by atoms with Gasteiger partial charge in [0, 0.05) is 30.9 Å². The summed E-state index contributed by atoms with van der Waals surface area (Å²) in [6.07, 6.45) is 1.80. The van der Waals surface area contributed by atoms with Crippen LogP contribution in [-0.2, 0) is 6.54 Å². The van der Waals surface area contributed by atoms with Crippen molar-refractivity contribution >= 4 is 16.9 Å². The highest BCUT2D eigenvalue weighted by Crippen LogP contribution is 2.34. The minimum absolute atomic E-state index is 0.117. The minimum Gasteiger partial charge on any atom is -0.355 e. The predicted molar refractivity (Wildman–Crippen MR) is 117 cm³/mol. The van der Waals surface area contributed by atoms with Gasteiger partial charge in [0.2, 0.25) is 0 Å². The molecule has 29 heavy (non-hydrogen) atoms. The van der Waals surface area contributed by atoms with Gasteiger partial charge in [0.1, 0.15) is 5.69 Å². The fraction of sp³-hybridized carbons (Fsp3) is 0.208. The topological polar surface area (TPSA) is 59.8 Å². The maximum absolute atomic E-state index is 12.0. The lowest BCUT2D eigenvalue weighted by Crippen LogP contribution is -2.17. The molecule has 0 saturated carbocycles. The van der Waals surface area contributed by atoms with Gasteiger partial charge in [-0.3, -0.25) is 9.78 Å². The average Bonchev–Trinajstić information content (AvgIpc) is 3.10. The number of nitrogens with zero attached hydrogens (tertiary/aromatic N) is 3. The van der Waals surface area contributed by atoms with Gasteiger partial charge in [0.05, 0.1) is 11.0 Å². The van der Waals surface area contributed by atoms with E-state index in [1.165, 1.54) is 11.1 Å². The van der Waals surface area contributed by atoms with Crippen LogP contribution in [0.15, 0.2) is 54.7 Å². The first-order valence-corrected chi connectivity index (χ1v) is 9.79. The Kier molecular flexibility index (Phi) is 4.89. The SMILES string of the molecule is CCn1c(-c2ncccc2-c2ccc(C)cc2C)nc2cc(C(=O)NC)ccc21. The summed E-state index contributed by atoms with van der Waals surface area (Å²) in [7, 11) is 1.63. The van der Waals surface area contributed by atoms with Crippen molar-refractivity contribution in [3.63, 3.8) is 0 Å². The van der Waals surface area contributed by atoms with Crippen LogP contribution in [0.25, 0.3) is 33.7 Å². The van der Waals surface area contributed by atoms with Crippen LogP contribution in [0, 0.1) is 13.8 Å². The van der Waals surface area contributed by atoms with Crippen molar-refractivity contribution < 1.29 is 4.79 Å². The normalized spacial score (nSPS) is 11.0. The smallest absolute Gasteiger partial charge is 0.251 e. The summed E-state index contributed by atoms with van der Waals surface area (Å²) >= 11 is 0. The van der Waals surface area contributed by atoms with Gasteiger partial charge in [0.15, 0.2) is 5.82 Å². The number of aryl methyl sites for hydroxylation is 3. The van der Waals surface area contributed by atoms with E-state index in [2.05, 4.69) is 54.9 Å². The Balaban J connectivity index is 1.94. The molecule has 0 atom stereocenters. The highest BCUT2D eigenvalue weighted by molar-refractivity contribution is 5.98. The van der Waals surface area contributed by atoms with E-state index in [0.717, 1.165) is 40.2 Å². The number of carbonyl (C=O) groups excluding carboxylic acids is 1. The van der Waals surface area contributed by atoms with Gasteiger partial charge in [-0.05, 0) is 56.2 Å². The molecule has 0 aliphatic rings. The predicted octanol–water partition coefficient (Wildman–Crippen LogP) is 4.76. The lowest BCUT2D eigenvalue weighted by Gasteiger charge is -2.13. The molecule has 2 aromatic carbocycles. The number of amides is 1. The van der Waals surface area contributed by atoms with E-state index in [0.29, 0.717) is 5.56 Å². The summed E-state index contributed by atoms with van der Waals surface area (Å²) in [5, 5.41) is 2.67.